The lowest BCUT2D eigenvalue weighted by Crippen LogP contribution is -2.33. The Morgan fingerprint density at radius 1 is 1.11 bits per heavy atom. The molecule has 1 aromatic rings. The van der Waals surface area contributed by atoms with E-state index in [1.165, 1.54) is 6.92 Å². The van der Waals surface area contributed by atoms with E-state index >= 15 is 0 Å². The Morgan fingerprint density at radius 3 is 2.32 bits per heavy atom. The number of aryl methyl sites for hydroxylation is 2. The highest BCUT2D eigenvalue weighted by atomic mass is 16.5. The fourth-order valence-electron chi connectivity index (χ4n) is 1.76. The molecule has 0 aliphatic carbocycles. The van der Waals surface area contributed by atoms with Gasteiger partial charge in [0.1, 0.15) is 5.75 Å². The SMILES string of the molecule is COc1cc(C)c(C(=O)NCCNC(C)=O)cc1C. The molecule has 0 radical (unpaired) electrons. The van der Waals surface area contributed by atoms with Crippen LogP contribution in [-0.2, 0) is 4.79 Å². The van der Waals surface area contributed by atoms with Gasteiger partial charge in [0.15, 0.2) is 0 Å². The summed E-state index contributed by atoms with van der Waals surface area (Å²) in [4.78, 5) is 22.7. The molecule has 0 atom stereocenters. The molecule has 19 heavy (non-hydrogen) atoms. The number of carbonyl (C=O) groups excluding carboxylic acids is 2. The van der Waals surface area contributed by atoms with Crippen LogP contribution in [0.4, 0.5) is 0 Å². The summed E-state index contributed by atoms with van der Waals surface area (Å²) < 4.78 is 5.21. The van der Waals surface area contributed by atoms with Crippen molar-refractivity contribution in [2.24, 2.45) is 0 Å². The zero-order valence-electron chi connectivity index (χ0n) is 11.8. The summed E-state index contributed by atoms with van der Waals surface area (Å²) in [5, 5.41) is 5.39. The third-order valence-corrected chi connectivity index (χ3v) is 2.77. The van der Waals surface area contributed by atoms with E-state index in [0.29, 0.717) is 18.7 Å². The summed E-state index contributed by atoms with van der Waals surface area (Å²) in [7, 11) is 1.61. The standard InChI is InChI=1S/C14H20N2O3/c1-9-8-13(19-4)10(2)7-12(9)14(18)16-6-5-15-11(3)17/h7-8H,5-6H2,1-4H3,(H,15,17)(H,16,18). The third kappa shape index (κ3) is 4.28. The molecule has 2 N–H and O–H groups in total. The Balaban J connectivity index is 2.67. The molecular formula is C14H20N2O3. The molecule has 0 spiro atoms. The lowest BCUT2D eigenvalue weighted by atomic mass is 10.0. The first kappa shape index (κ1) is 15.0. The van der Waals surface area contributed by atoms with Crippen molar-refractivity contribution in [3.8, 4) is 5.75 Å². The van der Waals surface area contributed by atoms with Crippen LogP contribution in [0, 0.1) is 13.8 Å². The van der Waals surface area contributed by atoms with Crippen LogP contribution >= 0.6 is 0 Å². The Kier molecular flexibility index (Phi) is 5.36. The van der Waals surface area contributed by atoms with Crippen LogP contribution < -0.4 is 15.4 Å². The summed E-state index contributed by atoms with van der Waals surface area (Å²) in [5.74, 6) is 0.520. The van der Waals surface area contributed by atoms with E-state index in [0.717, 1.165) is 16.9 Å². The monoisotopic (exact) mass is 264 g/mol. The summed E-state index contributed by atoms with van der Waals surface area (Å²) >= 11 is 0. The molecule has 0 heterocycles. The lowest BCUT2D eigenvalue weighted by molar-refractivity contribution is -0.118. The van der Waals surface area contributed by atoms with Crippen LogP contribution in [0.2, 0.25) is 0 Å². The molecule has 0 saturated heterocycles. The molecule has 1 aromatic carbocycles. The van der Waals surface area contributed by atoms with Crippen molar-refractivity contribution >= 4 is 11.8 Å². The van der Waals surface area contributed by atoms with Crippen LogP contribution in [0.25, 0.3) is 0 Å². The number of nitrogens with one attached hydrogen (secondary N) is 2. The number of hydrogen-bond acceptors (Lipinski definition) is 3. The van der Waals surface area contributed by atoms with E-state index in [4.69, 9.17) is 4.74 Å². The fraction of sp³-hybridized carbons (Fsp3) is 0.429. The van der Waals surface area contributed by atoms with Crippen molar-refractivity contribution in [3.63, 3.8) is 0 Å². The second-order valence-corrected chi connectivity index (χ2v) is 4.38. The van der Waals surface area contributed by atoms with E-state index < -0.39 is 0 Å². The summed E-state index contributed by atoms with van der Waals surface area (Å²) in [5.41, 5.74) is 2.40. The van der Waals surface area contributed by atoms with Crippen molar-refractivity contribution in [2.45, 2.75) is 20.8 Å². The highest BCUT2D eigenvalue weighted by molar-refractivity contribution is 5.96. The van der Waals surface area contributed by atoms with Gasteiger partial charge in [0.2, 0.25) is 5.91 Å². The van der Waals surface area contributed by atoms with Gasteiger partial charge in [0.25, 0.3) is 5.91 Å². The predicted octanol–water partition coefficient (Wildman–Crippen LogP) is 1.18. The second kappa shape index (κ2) is 6.78. The molecule has 5 heteroatoms. The summed E-state index contributed by atoms with van der Waals surface area (Å²) in [6.07, 6.45) is 0. The number of ether oxygens (including phenoxy) is 1. The van der Waals surface area contributed by atoms with Gasteiger partial charge in [0, 0.05) is 25.6 Å². The van der Waals surface area contributed by atoms with E-state index in [-0.39, 0.29) is 11.8 Å². The van der Waals surface area contributed by atoms with Gasteiger partial charge in [-0.25, -0.2) is 0 Å². The zero-order valence-corrected chi connectivity index (χ0v) is 11.8. The third-order valence-electron chi connectivity index (χ3n) is 2.77. The second-order valence-electron chi connectivity index (χ2n) is 4.38. The van der Waals surface area contributed by atoms with Crippen LogP contribution in [0.3, 0.4) is 0 Å². The first-order chi connectivity index (χ1) is 8.95. The molecule has 0 aliphatic rings. The summed E-state index contributed by atoms with van der Waals surface area (Å²) in [6.45, 7) is 6.04. The Labute approximate surface area is 113 Å². The number of carbonyl (C=O) groups is 2. The van der Waals surface area contributed by atoms with E-state index in [2.05, 4.69) is 10.6 Å². The number of amides is 2. The summed E-state index contributed by atoms with van der Waals surface area (Å²) in [6, 6.07) is 3.65. The van der Waals surface area contributed by atoms with Gasteiger partial charge in [-0.05, 0) is 37.1 Å². The fourth-order valence-corrected chi connectivity index (χ4v) is 1.76. The number of rotatable bonds is 5. The first-order valence-corrected chi connectivity index (χ1v) is 6.13. The first-order valence-electron chi connectivity index (χ1n) is 6.13. The maximum atomic E-state index is 12.0. The zero-order chi connectivity index (χ0) is 14.4. The Bertz CT molecular complexity index is 484. The molecule has 1 rings (SSSR count). The van der Waals surface area contributed by atoms with Gasteiger partial charge in [0.05, 0.1) is 7.11 Å². The van der Waals surface area contributed by atoms with Gasteiger partial charge >= 0.3 is 0 Å². The van der Waals surface area contributed by atoms with Crippen molar-refractivity contribution in [1.29, 1.82) is 0 Å². The van der Waals surface area contributed by atoms with Gasteiger partial charge < -0.3 is 15.4 Å². The molecule has 104 valence electrons. The maximum absolute atomic E-state index is 12.0. The highest BCUT2D eigenvalue weighted by Gasteiger charge is 2.11. The van der Waals surface area contributed by atoms with Crippen LogP contribution in [0.1, 0.15) is 28.4 Å². The largest absolute Gasteiger partial charge is 0.496 e. The lowest BCUT2D eigenvalue weighted by Gasteiger charge is -2.11. The van der Waals surface area contributed by atoms with Crippen molar-refractivity contribution in [1.82, 2.24) is 10.6 Å². The van der Waals surface area contributed by atoms with E-state index in [9.17, 15) is 9.59 Å². The van der Waals surface area contributed by atoms with Crippen molar-refractivity contribution < 1.29 is 14.3 Å². The maximum Gasteiger partial charge on any atom is 0.251 e. The topological polar surface area (TPSA) is 67.4 Å². The minimum atomic E-state index is -0.145. The average molecular weight is 264 g/mol. The smallest absolute Gasteiger partial charge is 0.251 e. The predicted molar refractivity (Wildman–Crippen MR) is 73.5 cm³/mol. The van der Waals surface area contributed by atoms with Gasteiger partial charge in [-0.1, -0.05) is 0 Å². The molecular weight excluding hydrogens is 244 g/mol. The average Bonchev–Trinajstić information content (AvgIpc) is 2.36. The number of methoxy groups -OCH3 is 1. The van der Waals surface area contributed by atoms with Crippen LogP contribution in [0.15, 0.2) is 12.1 Å². The minimum Gasteiger partial charge on any atom is -0.496 e. The van der Waals surface area contributed by atoms with Crippen LogP contribution in [0.5, 0.6) is 5.75 Å². The normalized spacial score (nSPS) is 9.89. The quantitative estimate of drug-likeness (QED) is 0.785. The minimum absolute atomic E-state index is 0.106. The van der Waals surface area contributed by atoms with Gasteiger partial charge in [-0.3, -0.25) is 9.59 Å². The molecule has 2 amide bonds. The van der Waals surface area contributed by atoms with Gasteiger partial charge in [-0.15, -0.1) is 0 Å². The van der Waals surface area contributed by atoms with Crippen molar-refractivity contribution in [3.05, 3.63) is 28.8 Å². The Hall–Kier alpha value is -2.04. The highest BCUT2D eigenvalue weighted by Crippen LogP contribution is 2.22. The molecule has 0 fully saturated rings. The van der Waals surface area contributed by atoms with Gasteiger partial charge in [-0.2, -0.15) is 0 Å². The molecule has 0 unspecified atom stereocenters. The molecule has 0 saturated carbocycles. The van der Waals surface area contributed by atoms with E-state index in [1.807, 2.05) is 26.0 Å². The van der Waals surface area contributed by atoms with Crippen LogP contribution in [-0.4, -0.2) is 32.0 Å². The molecule has 0 bridgehead atoms. The molecule has 5 nitrogen and oxygen atoms in total. The van der Waals surface area contributed by atoms with E-state index in [1.54, 1.807) is 7.11 Å². The number of hydrogen-bond donors (Lipinski definition) is 2. The molecule has 0 aliphatic heterocycles. The Morgan fingerprint density at radius 2 is 1.74 bits per heavy atom. The number of benzene rings is 1. The van der Waals surface area contributed by atoms with Crippen molar-refractivity contribution in [2.75, 3.05) is 20.2 Å². The molecule has 0 aromatic heterocycles.